The van der Waals surface area contributed by atoms with Crippen molar-refractivity contribution in [1.29, 1.82) is 0 Å². The summed E-state index contributed by atoms with van der Waals surface area (Å²) in [6, 6.07) is 1.02. The summed E-state index contributed by atoms with van der Waals surface area (Å²) in [5.41, 5.74) is 5.90. The molecule has 0 spiro atoms. The van der Waals surface area contributed by atoms with Gasteiger partial charge in [-0.05, 0) is 12.8 Å². The number of nitrogens with zero attached hydrogens (tertiary/aromatic N) is 1. The smallest absolute Gasteiger partial charge is 0.0718 e. The van der Waals surface area contributed by atoms with E-state index in [1.54, 1.807) is 0 Å². The first-order chi connectivity index (χ1) is 5.79. The number of nitrogens with two attached hydrogens (primary N) is 1. The molecule has 2 N–H and O–H groups in total. The van der Waals surface area contributed by atoms with Crippen molar-refractivity contribution in [2.45, 2.75) is 38.0 Å². The van der Waals surface area contributed by atoms with Gasteiger partial charge in [-0.1, -0.05) is 6.92 Å². The number of morpholine rings is 1. The second kappa shape index (κ2) is 3.32. The third-order valence-corrected chi connectivity index (χ3v) is 3.01. The van der Waals surface area contributed by atoms with Crippen molar-refractivity contribution < 1.29 is 4.74 Å². The Hall–Kier alpha value is -0.120. The minimum atomic E-state index is 0.351. The quantitative estimate of drug-likeness (QED) is 0.657. The minimum absolute atomic E-state index is 0.351. The predicted molar refractivity (Wildman–Crippen MR) is 48.0 cm³/mol. The fourth-order valence-corrected chi connectivity index (χ4v) is 2.13. The van der Waals surface area contributed by atoms with Gasteiger partial charge in [0, 0.05) is 25.2 Å². The van der Waals surface area contributed by atoms with Gasteiger partial charge in [-0.2, -0.15) is 0 Å². The molecule has 3 nitrogen and oxygen atoms in total. The van der Waals surface area contributed by atoms with Crippen LogP contribution in [0.25, 0.3) is 0 Å². The average molecular weight is 170 g/mol. The normalized spacial score (nSPS) is 37.5. The lowest BCUT2D eigenvalue weighted by Crippen LogP contribution is -2.44. The Kier molecular flexibility index (Phi) is 2.35. The fourth-order valence-electron chi connectivity index (χ4n) is 2.13. The maximum absolute atomic E-state index is 5.90. The first-order valence-electron chi connectivity index (χ1n) is 4.90. The lowest BCUT2D eigenvalue weighted by Gasteiger charge is -2.28. The lowest BCUT2D eigenvalue weighted by atomic mass is 10.2. The molecule has 2 rings (SSSR count). The van der Waals surface area contributed by atoms with Gasteiger partial charge >= 0.3 is 0 Å². The maximum Gasteiger partial charge on any atom is 0.0718 e. The summed E-state index contributed by atoms with van der Waals surface area (Å²) < 4.78 is 5.51. The zero-order valence-corrected chi connectivity index (χ0v) is 7.70. The van der Waals surface area contributed by atoms with E-state index < -0.39 is 0 Å². The van der Waals surface area contributed by atoms with Gasteiger partial charge < -0.3 is 10.5 Å². The molecule has 2 bridgehead atoms. The monoisotopic (exact) mass is 170 g/mol. The fraction of sp³-hybridized carbons (Fsp3) is 1.00. The Morgan fingerprint density at radius 1 is 1.67 bits per heavy atom. The average Bonchev–Trinajstić information content (AvgIpc) is 2.64. The topological polar surface area (TPSA) is 38.5 Å². The molecule has 2 aliphatic heterocycles. The molecule has 0 radical (unpaired) electrons. The summed E-state index contributed by atoms with van der Waals surface area (Å²) in [6.07, 6.45) is 2.82. The van der Waals surface area contributed by atoms with Crippen LogP contribution in [-0.4, -0.2) is 42.8 Å². The molecule has 2 fully saturated rings. The van der Waals surface area contributed by atoms with Crippen LogP contribution in [-0.2, 0) is 4.74 Å². The molecular weight excluding hydrogens is 152 g/mol. The highest BCUT2D eigenvalue weighted by Crippen LogP contribution is 2.27. The summed E-state index contributed by atoms with van der Waals surface area (Å²) in [4.78, 5) is 2.49. The number of hydrogen-bond acceptors (Lipinski definition) is 3. The summed E-state index contributed by atoms with van der Waals surface area (Å²) in [5, 5.41) is 0. The number of hydrogen-bond donors (Lipinski definition) is 1. The van der Waals surface area contributed by atoms with Crippen molar-refractivity contribution in [1.82, 2.24) is 4.90 Å². The summed E-state index contributed by atoms with van der Waals surface area (Å²) in [6.45, 7) is 5.25. The summed E-state index contributed by atoms with van der Waals surface area (Å²) in [7, 11) is 0. The Morgan fingerprint density at radius 3 is 3.00 bits per heavy atom. The second-order valence-corrected chi connectivity index (χ2v) is 3.97. The molecule has 0 saturated carbocycles. The predicted octanol–water partition coefficient (Wildman–Crippen LogP) is 0.197. The first-order valence-corrected chi connectivity index (χ1v) is 4.90. The van der Waals surface area contributed by atoms with E-state index in [0.717, 1.165) is 26.1 Å². The van der Waals surface area contributed by atoms with Gasteiger partial charge in [0.15, 0.2) is 0 Å². The number of likely N-dealkylation sites (tertiary alicyclic amines) is 1. The Labute approximate surface area is 73.9 Å². The van der Waals surface area contributed by atoms with Crippen molar-refractivity contribution in [2.75, 3.05) is 19.7 Å². The largest absolute Gasteiger partial charge is 0.375 e. The van der Waals surface area contributed by atoms with Gasteiger partial charge in [0.25, 0.3) is 0 Å². The van der Waals surface area contributed by atoms with Crippen LogP contribution in [0.15, 0.2) is 0 Å². The van der Waals surface area contributed by atoms with Crippen LogP contribution in [0.2, 0.25) is 0 Å². The van der Waals surface area contributed by atoms with Crippen LogP contribution in [0.1, 0.15) is 19.8 Å². The molecule has 3 heteroatoms. The molecular formula is C9H18N2O. The number of rotatable bonds is 3. The molecule has 0 amide bonds. The summed E-state index contributed by atoms with van der Waals surface area (Å²) in [5.74, 6) is 0. The van der Waals surface area contributed by atoms with Crippen molar-refractivity contribution in [3.8, 4) is 0 Å². The van der Waals surface area contributed by atoms with Gasteiger partial charge in [0.2, 0.25) is 0 Å². The third-order valence-electron chi connectivity index (χ3n) is 3.01. The van der Waals surface area contributed by atoms with E-state index in [9.17, 15) is 0 Å². The highest BCUT2D eigenvalue weighted by molar-refractivity contribution is 4.92. The van der Waals surface area contributed by atoms with Gasteiger partial charge in [-0.25, -0.2) is 0 Å². The van der Waals surface area contributed by atoms with Crippen LogP contribution < -0.4 is 5.73 Å². The van der Waals surface area contributed by atoms with Crippen LogP contribution in [0.4, 0.5) is 0 Å². The molecule has 0 aliphatic carbocycles. The standard InChI is InChI=1S/C9H18N2O/c1-2-7(10)4-11-5-9-3-8(11)6-12-9/h7-9H,2-6,10H2,1H3. The molecule has 70 valence electrons. The van der Waals surface area contributed by atoms with Crippen molar-refractivity contribution in [3.63, 3.8) is 0 Å². The first kappa shape index (κ1) is 8.48. The SMILES string of the molecule is CCC(N)CN1CC2CC1CO2. The van der Waals surface area contributed by atoms with Gasteiger partial charge in [-0.3, -0.25) is 4.90 Å². The molecule has 3 unspecified atom stereocenters. The third kappa shape index (κ3) is 1.49. The Morgan fingerprint density at radius 2 is 2.50 bits per heavy atom. The molecule has 2 aliphatic rings. The van der Waals surface area contributed by atoms with Crippen molar-refractivity contribution in [3.05, 3.63) is 0 Å². The number of ether oxygens (including phenoxy) is 1. The van der Waals surface area contributed by atoms with Gasteiger partial charge in [0.1, 0.15) is 0 Å². The van der Waals surface area contributed by atoms with Crippen LogP contribution in [0.3, 0.4) is 0 Å². The minimum Gasteiger partial charge on any atom is -0.375 e. The van der Waals surface area contributed by atoms with E-state index in [-0.39, 0.29) is 0 Å². The molecule has 3 atom stereocenters. The van der Waals surface area contributed by atoms with Crippen molar-refractivity contribution in [2.24, 2.45) is 5.73 Å². The zero-order chi connectivity index (χ0) is 8.55. The molecule has 12 heavy (non-hydrogen) atoms. The van der Waals surface area contributed by atoms with E-state index in [2.05, 4.69) is 11.8 Å². The molecule has 2 saturated heterocycles. The molecule has 2 heterocycles. The van der Waals surface area contributed by atoms with Crippen LogP contribution in [0.5, 0.6) is 0 Å². The second-order valence-electron chi connectivity index (χ2n) is 3.97. The maximum atomic E-state index is 5.90. The van der Waals surface area contributed by atoms with Gasteiger partial charge in [0.05, 0.1) is 12.7 Å². The highest BCUT2D eigenvalue weighted by Gasteiger charge is 2.38. The Bertz CT molecular complexity index is 163. The molecule has 0 aromatic rings. The van der Waals surface area contributed by atoms with Crippen LogP contribution in [0, 0.1) is 0 Å². The van der Waals surface area contributed by atoms with Gasteiger partial charge in [-0.15, -0.1) is 0 Å². The van der Waals surface area contributed by atoms with E-state index >= 15 is 0 Å². The zero-order valence-electron chi connectivity index (χ0n) is 7.70. The van der Waals surface area contributed by atoms with Crippen molar-refractivity contribution >= 4 is 0 Å². The van der Waals surface area contributed by atoms with E-state index in [1.807, 2.05) is 0 Å². The lowest BCUT2D eigenvalue weighted by molar-refractivity contribution is 0.0283. The van der Waals surface area contributed by atoms with E-state index in [4.69, 9.17) is 10.5 Å². The van der Waals surface area contributed by atoms with Crippen LogP contribution >= 0.6 is 0 Å². The molecule has 0 aromatic carbocycles. The summed E-state index contributed by atoms with van der Waals surface area (Å²) >= 11 is 0. The van der Waals surface area contributed by atoms with E-state index in [0.29, 0.717) is 18.2 Å². The highest BCUT2D eigenvalue weighted by atomic mass is 16.5. The number of fused-ring (bicyclic) bond motifs is 2. The Balaban J connectivity index is 1.82. The van der Waals surface area contributed by atoms with E-state index in [1.165, 1.54) is 6.42 Å². The molecule has 0 aromatic heterocycles.